The Balaban J connectivity index is 2.53. The highest BCUT2D eigenvalue weighted by atomic mass is 19.1. The van der Waals surface area contributed by atoms with Crippen LogP contribution in [0.2, 0.25) is 0 Å². The SMILES string of the molecule is COc1cc(N2CCCC2C(=O)O)c([N+](=O)[O-])cc1F. The van der Waals surface area contributed by atoms with Crippen LogP contribution in [0.4, 0.5) is 15.8 Å². The second kappa shape index (κ2) is 5.32. The van der Waals surface area contributed by atoms with Crippen LogP contribution in [0.15, 0.2) is 12.1 Å². The fourth-order valence-corrected chi connectivity index (χ4v) is 2.38. The first-order chi connectivity index (χ1) is 9.45. The average Bonchev–Trinajstić information content (AvgIpc) is 2.87. The number of benzene rings is 1. The highest BCUT2D eigenvalue weighted by molar-refractivity contribution is 5.81. The second-order valence-electron chi connectivity index (χ2n) is 4.42. The van der Waals surface area contributed by atoms with E-state index >= 15 is 0 Å². The molecule has 8 heteroatoms. The van der Waals surface area contributed by atoms with Crippen LogP contribution < -0.4 is 9.64 Å². The van der Waals surface area contributed by atoms with Crippen molar-refractivity contribution >= 4 is 17.3 Å². The maximum absolute atomic E-state index is 13.6. The highest BCUT2D eigenvalue weighted by Crippen LogP contribution is 2.38. The first-order valence-corrected chi connectivity index (χ1v) is 5.97. The van der Waals surface area contributed by atoms with Crippen molar-refractivity contribution < 1.29 is 24.0 Å². The lowest BCUT2D eigenvalue weighted by molar-refractivity contribution is -0.384. The molecular formula is C12H13FN2O5. The van der Waals surface area contributed by atoms with Crippen molar-refractivity contribution in [2.24, 2.45) is 0 Å². The number of carboxylic acid groups (broad SMARTS) is 1. The Labute approximate surface area is 113 Å². The van der Waals surface area contributed by atoms with Gasteiger partial charge in [-0.1, -0.05) is 0 Å². The number of methoxy groups -OCH3 is 1. The average molecular weight is 284 g/mol. The molecule has 0 radical (unpaired) electrons. The first-order valence-electron chi connectivity index (χ1n) is 5.97. The standard InChI is InChI=1S/C12H13FN2O5/c1-20-11-6-9(10(15(18)19)5-7(11)13)14-4-2-3-8(14)12(16)17/h5-6,8H,2-4H2,1H3,(H,16,17). The molecule has 1 fully saturated rings. The Bertz CT molecular complexity index is 563. The molecule has 1 N–H and O–H groups in total. The number of carboxylic acids is 1. The minimum absolute atomic E-state index is 0.0677. The Morgan fingerprint density at radius 3 is 2.85 bits per heavy atom. The van der Waals surface area contributed by atoms with Gasteiger partial charge in [0.15, 0.2) is 11.6 Å². The van der Waals surface area contributed by atoms with Crippen molar-refractivity contribution in [1.82, 2.24) is 0 Å². The smallest absolute Gasteiger partial charge is 0.326 e. The number of nitro groups is 1. The number of nitrogens with zero attached hydrogens (tertiary/aromatic N) is 2. The molecule has 2 rings (SSSR count). The molecule has 1 unspecified atom stereocenters. The largest absolute Gasteiger partial charge is 0.494 e. The van der Waals surface area contributed by atoms with Crippen LogP contribution in [-0.2, 0) is 4.79 Å². The number of anilines is 1. The lowest BCUT2D eigenvalue weighted by atomic mass is 10.2. The van der Waals surface area contributed by atoms with Gasteiger partial charge in [-0.2, -0.15) is 0 Å². The molecule has 0 spiro atoms. The van der Waals surface area contributed by atoms with Crippen LogP contribution in [0.1, 0.15) is 12.8 Å². The van der Waals surface area contributed by atoms with Crippen LogP contribution in [-0.4, -0.2) is 35.7 Å². The van der Waals surface area contributed by atoms with Gasteiger partial charge in [0.25, 0.3) is 5.69 Å². The summed E-state index contributed by atoms with van der Waals surface area (Å²) in [5.74, 6) is -2.06. The summed E-state index contributed by atoms with van der Waals surface area (Å²) in [7, 11) is 1.24. The van der Waals surface area contributed by atoms with E-state index in [-0.39, 0.29) is 11.4 Å². The zero-order valence-electron chi connectivity index (χ0n) is 10.7. The fourth-order valence-electron chi connectivity index (χ4n) is 2.38. The third-order valence-electron chi connectivity index (χ3n) is 3.29. The normalized spacial score (nSPS) is 18.1. The summed E-state index contributed by atoms with van der Waals surface area (Å²) < 4.78 is 18.4. The van der Waals surface area contributed by atoms with Crippen LogP contribution in [0.25, 0.3) is 0 Å². The number of carbonyl (C=O) groups is 1. The van der Waals surface area contributed by atoms with Crippen LogP contribution in [0, 0.1) is 15.9 Å². The topological polar surface area (TPSA) is 92.9 Å². The summed E-state index contributed by atoms with van der Waals surface area (Å²) >= 11 is 0. The van der Waals surface area contributed by atoms with E-state index < -0.39 is 28.4 Å². The quantitative estimate of drug-likeness (QED) is 0.669. The van der Waals surface area contributed by atoms with Gasteiger partial charge in [-0.05, 0) is 12.8 Å². The maximum atomic E-state index is 13.6. The van der Waals surface area contributed by atoms with E-state index in [2.05, 4.69) is 0 Å². The van der Waals surface area contributed by atoms with Gasteiger partial charge in [0, 0.05) is 12.6 Å². The zero-order valence-corrected chi connectivity index (χ0v) is 10.7. The molecular weight excluding hydrogens is 271 g/mol. The van der Waals surface area contributed by atoms with Gasteiger partial charge in [0.1, 0.15) is 11.7 Å². The molecule has 1 aromatic carbocycles. The van der Waals surface area contributed by atoms with Gasteiger partial charge < -0.3 is 14.7 Å². The Kier molecular flexibility index (Phi) is 3.73. The number of halogens is 1. The van der Waals surface area contributed by atoms with E-state index in [9.17, 15) is 19.3 Å². The Morgan fingerprint density at radius 1 is 1.60 bits per heavy atom. The summed E-state index contributed by atoms with van der Waals surface area (Å²) in [6.07, 6.45) is 1.000. The van der Waals surface area contributed by atoms with Crippen molar-refractivity contribution in [2.75, 3.05) is 18.6 Å². The maximum Gasteiger partial charge on any atom is 0.326 e. The Hall–Kier alpha value is -2.38. The molecule has 1 aromatic rings. The van der Waals surface area contributed by atoms with E-state index in [0.717, 1.165) is 6.07 Å². The summed E-state index contributed by atoms with van der Waals surface area (Å²) in [4.78, 5) is 22.9. The predicted octanol–water partition coefficient (Wildman–Crippen LogP) is 1.80. The number of ether oxygens (including phenoxy) is 1. The first kappa shape index (κ1) is 14.0. The molecule has 1 atom stereocenters. The van der Waals surface area contributed by atoms with E-state index in [4.69, 9.17) is 9.84 Å². The minimum Gasteiger partial charge on any atom is -0.494 e. The summed E-state index contributed by atoms with van der Waals surface area (Å²) in [5, 5.41) is 20.2. The molecule has 1 heterocycles. The van der Waals surface area contributed by atoms with Gasteiger partial charge in [-0.3, -0.25) is 10.1 Å². The van der Waals surface area contributed by atoms with Crippen molar-refractivity contribution in [3.8, 4) is 5.75 Å². The lowest BCUT2D eigenvalue weighted by Crippen LogP contribution is -2.36. The van der Waals surface area contributed by atoms with Crippen molar-refractivity contribution in [2.45, 2.75) is 18.9 Å². The number of rotatable bonds is 4. The van der Waals surface area contributed by atoms with Crippen molar-refractivity contribution in [3.05, 3.63) is 28.1 Å². The van der Waals surface area contributed by atoms with E-state index in [1.165, 1.54) is 18.1 Å². The van der Waals surface area contributed by atoms with Crippen molar-refractivity contribution in [3.63, 3.8) is 0 Å². The Morgan fingerprint density at radius 2 is 2.30 bits per heavy atom. The van der Waals surface area contributed by atoms with E-state index in [0.29, 0.717) is 19.4 Å². The van der Waals surface area contributed by atoms with Crippen LogP contribution in [0.3, 0.4) is 0 Å². The minimum atomic E-state index is -1.06. The van der Waals surface area contributed by atoms with Gasteiger partial charge in [0.05, 0.1) is 18.1 Å². The molecule has 0 bridgehead atoms. The van der Waals surface area contributed by atoms with Gasteiger partial charge in [-0.15, -0.1) is 0 Å². The van der Waals surface area contributed by atoms with Crippen LogP contribution >= 0.6 is 0 Å². The molecule has 1 aliphatic heterocycles. The van der Waals surface area contributed by atoms with E-state index in [1.54, 1.807) is 0 Å². The zero-order chi connectivity index (χ0) is 14.9. The van der Waals surface area contributed by atoms with Crippen LogP contribution in [0.5, 0.6) is 5.75 Å². The molecule has 1 saturated heterocycles. The van der Waals surface area contributed by atoms with Gasteiger partial charge in [-0.25, -0.2) is 9.18 Å². The van der Waals surface area contributed by atoms with E-state index in [1.807, 2.05) is 0 Å². The monoisotopic (exact) mass is 284 g/mol. The van der Waals surface area contributed by atoms with Gasteiger partial charge in [0.2, 0.25) is 0 Å². The third kappa shape index (κ3) is 2.36. The number of hydrogen-bond donors (Lipinski definition) is 1. The molecule has 0 amide bonds. The molecule has 0 saturated carbocycles. The summed E-state index contributed by atoms with van der Waals surface area (Å²) in [5.41, 5.74) is -0.394. The number of aliphatic carboxylic acids is 1. The lowest BCUT2D eigenvalue weighted by Gasteiger charge is -2.23. The molecule has 108 valence electrons. The number of nitro benzene ring substituents is 1. The fraction of sp³-hybridized carbons (Fsp3) is 0.417. The number of hydrogen-bond acceptors (Lipinski definition) is 5. The predicted molar refractivity (Wildman–Crippen MR) is 67.6 cm³/mol. The highest BCUT2D eigenvalue weighted by Gasteiger charge is 2.35. The summed E-state index contributed by atoms with van der Waals surface area (Å²) in [6.45, 7) is 0.368. The molecule has 0 aromatic heterocycles. The second-order valence-corrected chi connectivity index (χ2v) is 4.42. The molecule has 7 nitrogen and oxygen atoms in total. The third-order valence-corrected chi connectivity index (χ3v) is 3.29. The molecule has 1 aliphatic rings. The molecule has 20 heavy (non-hydrogen) atoms. The molecule has 0 aliphatic carbocycles. The van der Waals surface area contributed by atoms with Crippen molar-refractivity contribution in [1.29, 1.82) is 0 Å². The van der Waals surface area contributed by atoms with Gasteiger partial charge >= 0.3 is 5.97 Å². The summed E-state index contributed by atoms with van der Waals surface area (Å²) in [6, 6.07) is 1.09.